The Hall–Kier alpha value is -1.96. The molecule has 0 aromatic rings. The number of carbonyl (C=O) groups excluding carboxylic acids is 4. The Morgan fingerprint density at radius 1 is 0.862 bits per heavy atom. The molecule has 3 N–H and O–H groups in total. The molecule has 0 rings (SSSR count). The molecule has 0 aliphatic carbocycles. The number of amides is 3. The van der Waals surface area contributed by atoms with Crippen LogP contribution in [0.15, 0.2) is 0 Å². The van der Waals surface area contributed by atoms with Crippen LogP contribution in [-0.4, -0.2) is 53.7 Å². The lowest BCUT2D eigenvalue weighted by Gasteiger charge is -2.21. The SMILES string of the molecule is CCCCCCCCCCN(CC(=O)NO)C(=O)CCC(=O)NCCCCC=O. The first-order valence-electron chi connectivity index (χ1n) is 11.0. The van der Waals surface area contributed by atoms with Crippen molar-refractivity contribution in [1.82, 2.24) is 15.7 Å². The molecule has 0 atom stereocenters. The molecule has 0 unspecified atom stereocenters. The van der Waals surface area contributed by atoms with Gasteiger partial charge in [-0.05, 0) is 19.3 Å². The van der Waals surface area contributed by atoms with Crippen molar-refractivity contribution in [3.8, 4) is 0 Å². The summed E-state index contributed by atoms with van der Waals surface area (Å²) in [5.41, 5.74) is 1.55. The van der Waals surface area contributed by atoms with Gasteiger partial charge in [0.25, 0.3) is 5.91 Å². The van der Waals surface area contributed by atoms with Crippen LogP contribution in [0.25, 0.3) is 0 Å². The van der Waals surface area contributed by atoms with Gasteiger partial charge in [-0.3, -0.25) is 19.6 Å². The molecule has 168 valence electrons. The number of aldehydes is 1. The zero-order valence-electron chi connectivity index (χ0n) is 17.9. The molecule has 0 heterocycles. The lowest BCUT2D eigenvalue weighted by molar-refractivity contribution is -0.140. The zero-order chi connectivity index (χ0) is 21.7. The molecule has 0 aliphatic heterocycles. The number of nitrogens with zero attached hydrogens (tertiary/aromatic N) is 1. The Bertz CT molecular complexity index is 471. The second-order valence-electron chi connectivity index (χ2n) is 7.34. The molecule has 0 spiro atoms. The Morgan fingerprint density at radius 2 is 1.52 bits per heavy atom. The minimum Gasteiger partial charge on any atom is -0.356 e. The summed E-state index contributed by atoms with van der Waals surface area (Å²) in [5.74, 6) is -1.13. The van der Waals surface area contributed by atoms with Gasteiger partial charge in [0.15, 0.2) is 0 Å². The van der Waals surface area contributed by atoms with Crippen LogP contribution >= 0.6 is 0 Å². The smallest absolute Gasteiger partial charge is 0.262 e. The van der Waals surface area contributed by atoms with Gasteiger partial charge in [0.05, 0.1) is 0 Å². The lowest BCUT2D eigenvalue weighted by Crippen LogP contribution is -2.40. The fourth-order valence-corrected chi connectivity index (χ4v) is 2.98. The highest BCUT2D eigenvalue weighted by atomic mass is 16.5. The summed E-state index contributed by atoms with van der Waals surface area (Å²) in [6.07, 6.45) is 11.9. The number of hydrogen-bond donors (Lipinski definition) is 3. The van der Waals surface area contributed by atoms with Gasteiger partial charge in [-0.1, -0.05) is 51.9 Å². The largest absolute Gasteiger partial charge is 0.356 e. The van der Waals surface area contributed by atoms with Gasteiger partial charge in [-0.2, -0.15) is 0 Å². The van der Waals surface area contributed by atoms with E-state index in [4.69, 9.17) is 5.21 Å². The first-order chi connectivity index (χ1) is 14.0. The summed E-state index contributed by atoms with van der Waals surface area (Å²) >= 11 is 0. The van der Waals surface area contributed by atoms with E-state index in [-0.39, 0.29) is 31.2 Å². The summed E-state index contributed by atoms with van der Waals surface area (Å²) in [6, 6.07) is 0. The standard InChI is InChI=1S/C21H39N3O5/c1-2-3-4-5-6-7-8-11-16-24(18-20(27)23-29)21(28)14-13-19(26)22-15-10-9-12-17-25/h17,29H,2-16,18H2,1H3,(H,22,26)(H,23,27). The molecule has 0 saturated heterocycles. The van der Waals surface area contributed by atoms with E-state index in [0.717, 1.165) is 38.4 Å². The van der Waals surface area contributed by atoms with Gasteiger partial charge in [0.1, 0.15) is 12.8 Å². The van der Waals surface area contributed by atoms with Gasteiger partial charge in [0, 0.05) is 32.4 Å². The van der Waals surface area contributed by atoms with Crippen LogP contribution in [0.2, 0.25) is 0 Å². The molecule has 0 fully saturated rings. The normalized spacial score (nSPS) is 10.4. The molecule has 0 aromatic carbocycles. The fraction of sp³-hybridized carbons (Fsp3) is 0.810. The van der Waals surface area contributed by atoms with Crippen LogP contribution in [-0.2, 0) is 19.2 Å². The van der Waals surface area contributed by atoms with Crippen molar-refractivity contribution in [2.24, 2.45) is 0 Å². The van der Waals surface area contributed by atoms with Crippen LogP contribution in [0.1, 0.15) is 90.4 Å². The Kier molecular flexibility index (Phi) is 18.1. The summed E-state index contributed by atoms with van der Waals surface area (Å²) in [6.45, 7) is 2.90. The van der Waals surface area contributed by atoms with Crippen molar-refractivity contribution < 1.29 is 24.4 Å². The quantitative estimate of drug-likeness (QED) is 0.130. The maximum atomic E-state index is 12.4. The molecule has 0 radical (unpaired) electrons. The van der Waals surface area contributed by atoms with E-state index >= 15 is 0 Å². The second kappa shape index (κ2) is 19.4. The van der Waals surface area contributed by atoms with Crippen LogP contribution in [0.5, 0.6) is 0 Å². The Balaban J connectivity index is 4.14. The highest BCUT2D eigenvalue weighted by molar-refractivity contribution is 5.87. The molecular weight excluding hydrogens is 374 g/mol. The van der Waals surface area contributed by atoms with Gasteiger partial charge in [-0.25, -0.2) is 5.48 Å². The van der Waals surface area contributed by atoms with Crippen molar-refractivity contribution in [3.63, 3.8) is 0 Å². The van der Waals surface area contributed by atoms with Crippen molar-refractivity contribution >= 4 is 24.0 Å². The maximum absolute atomic E-state index is 12.4. The third-order valence-electron chi connectivity index (χ3n) is 4.73. The number of hydrogen-bond acceptors (Lipinski definition) is 5. The fourth-order valence-electron chi connectivity index (χ4n) is 2.98. The summed E-state index contributed by atoms with van der Waals surface area (Å²) in [7, 11) is 0. The number of rotatable bonds is 19. The summed E-state index contributed by atoms with van der Waals surface area (Å²) < 4.78 is 0. The monoisotopic (exact) mass is 413 g/mol. The van der Waals surface area contributed by atoms with Crippen LogP contribution in [0, 0.1) is 0 Å². The van der Waals surface area contributed by atoms with Crippen molar-refractivity contribution in [3.05, 3.63) is 0 Å². The van der Waals surface area contributed by atoms with E-state index in [1.165, 1.54) is 37.0 Å². The maximum Gasteiger partial charge on any atom is 0.262 e. The van der Waals surface area contributed by atoms with E-state index in [2.05, 4.69) is 12.2 Å². The molecule has 8 heteroatoms. The van der Waals surface area contributed by atoms with E-state index in [1.807, 2.05) is 0 Å². The summed E-state index contributed by atoms with van der Waals surface area (Å²) in [5, 5.41) is 11.5. The highest BCUT2D eigenvalue weighted by Crippen LogP contribution is 2.09. The van der Waals surface area contributed by atoms with Crippen molar-refractivity contribution in [2.75, 3.05) is 19.6 Å². The second-order valence-corrected chi connectivity index (χ2v) is 7.34. The summed E-state index contributed by atoms with van der Waals surface area (Å²) in [4.78, 5) is 47.3. The Labute approximate surface area is 174 Å². The van der Waals surface area contributed by atoms with Gasteiger partial charge in [0.2, 0.25) is 11.8 Å². The molecule has 0 saturated carbocycles. The van der Waals surface area contributed by atoms with Gasteiger partial charge < -0.3 is 15.0 Å². The average Bonchev–Trinajstić information content (AvgIpc) is 2.72. The number of hydroxylamine groups is 1. The molecular formula is C21H39N3O5. The number of carbonyl (C=O) groups is 4. The zero-order valence-corrected chi connectivity index (χ0v) is 17.9. The first kappa shape index (κ1) is 27.0. The van der Waals surface area contributed by atoms with Crippen LogP contribution in [0.4, 0.5) is 0 Å². The topological polar surface area (TPSA) is 116 Å². The van der Waals surface area contributed by atoms with Crippen LogP contribution < -0.4 is 10.8 Å². The molecule has 3 amide bonds. The van der Waals surface area contributed by atoms with Gasteiger partial charge >= 0.3 is 0 Å². The van der Waals surface area contributed by atoms with Crippen molar-refractivity contribution in [1.29, 1.82) is 0 Å². The highest BCUT2D eigenvalue weighted by Gasteiger charge is 2.17. The third kappa shape index (κ3) is 16.7. The number of nitrogens with one attached hydrogen (secondary N) is 2. The average molecular weight is 414 g/mol. The lowest BCUT2D eigenvalue weighted by atomic mass is 10.1. The van der Waals surface area contributed by atoms with E-state index < -0.39 is 5.91 Å². The molecule has 29 heavy (non-hydrogen) atoms. The Morgan fingerprint density at radius 3 is 2.14 bits per heavy atom. The third-order valence-corrected chi connectivity index (χ3v) is 4.73. The first-order valence-corrected chi connectivity index (χ1v) is 11.0. The predicted molar refractivity (Wildman–Crippen MR) is 111 cm³/mol. The number of unbranched alkanes of at least 4 members (excludes halogenated alkanes) is 9. The van der Waals surface area contributed by atoms with Gasteiger partial charge in [-0.15, -0.1) is 0 Å². The predicted octanol–water partition coefficient (Wildman–Crippen LogP) is 2.73. The minimum atomic E-state index is -0.641. The van der Waals surface area contributed by atoms with E-state index in [0.29, 0.717) is 19.5 Å². The van der Waals surface area contributed by atoms with E-state index in [1.54, 1.807) is 5.48 Å². The van der Waals surface area contributed by atoms with Crippen LogP contribution in [0.3, 0.4) is 0 Å². The molecule has 8 nitrogen and oxygen atoms in total. The molecule has 0 bridgehead atoms. The molecule has 0 aliphatic rings. The van der Waals surface area contributed by atoms with E-state index in [9.17, 15) is 19.2 Å². The molecule has 0 aromatic heterocycles. The minimum absolute atomic E-state index is 0.0237. The van der Waals surface area contributed by atoms with Crippen molar-refractivity contribution in [2.45, 2.75) is 90.4 Å².